The quantitative estimate of drug-likeness (QED) is 0.0203. The molecule has 2 aromatic rings. The average Bonchev–Trinajstić information content (AvgIpc) is 1.55. The number of carbonyl (C=O) groups excluding carboxylic acids is 12. The summed E-state index contributed by atoms with van der Waals surface area (Å²) in [4.78, 5) is 172. The van der Waals surface area contributed by atoms with Gasteiger partial charge in [-0.2, -0.15) is 0 Å². The van der Waals surface area contributed by atoms with Gasteiger partial charge in [0.1, 0.15) is 85.3 Å². The number of anilines is 2. The number of ether oxygens (including phenoxy) is 10. The molecule has 12 rings (SSSR count). The van der Waals surface area contributed by atoms with Crippen molar-refractivity contribution in [2.24, 2.45) is 27.1 Å². The predicted molar refractivity (Wildman–Crippen MR) is 509 cm³/mol. The van der Waals surface area contributed by atoms with Gasteiger partial charge in [-0.15, -0.1) is 19.7 Å². The van der Waals surface area contributed by atoms with Crippen molar-refractivity contribution in [2.75, 3.05) is 64.9 Å². The van der Waals surface area contributed by atoms with Crippen LogP contribution < -0.4 is 48.8 Å². The molecule has 0 bridgehead atoms. The molecule has 766 valence electrons. The molecule has 5 saturated carbocycles. The number of fused-ring (bicyclic) bond motifs is 5. The Bertz CT molecular complexity index is 4260. The molecule has 0 spiro atoms. The fourth-order valence-electron chi connectivity index (χ4n) is 15.8. The van der Waals surface area contributed by atoms with Crippen molar-refractivity contribution < 1.29 is 179 Å². The van der Waals surface area contributed by atoms with E-state index in [2.05, 4.69) is 71.6 Å². The van der Waals surface area contributed by atoms with Crippen molar-refractivity contribution in [3.8, 4) is 0 Å². The van der Waals surface area contributed by atoms with Crippen molar-refractivity contribution in [3.05, 3.63) is 82.6 Å². The number of rotatable bonds is 18. The Morgan fingerprint density at radius 1 is 0.441 bits per heavy atom. The third-order valence-electron chi connectivity index (χ3n) is 22.0. The van der Waals surface area contributed by atoms with E-state index in [0.717, 1.165) is 32.0 Å². The molecule has 5 aliphatic carbocycles. The number of esters is 5. The third-order valence-corrected chi connectivity index (χ3v) is 22.9. The van der Waals surface area contributed by atoms with E-state index in [1.54, 1.807) is 153 Å². The van der Waals surface area contributed by atoms with Crippen molar-refractivity contribution in [1.29, 1.82) is 0 Å². The van der Waals surface area contributed by atoms with Crippen molar-refractivity contribution >= 4 is 122 Å². The zero-order valence-corrected chi connectivity index (χ0v) is 83.5. The van der Waals surface area contributed by atoms with Crippen LogP contribution in [0, 0.1) is 27.1 Å². The van der Waals surface area contributed by atoms with Crippen LogP contribution in [-0.2, 0) is 98.6 Å². The average molecular weight is 2050 g/mol. The second kappa shape index (κ2) is 55.5. The molecular weight excluding hydrogens is 1890 g/mol. The smallest absolute Gasteiger partial charge is 0.870 e. The summed E-state index contributed by atoms with van der Waals surface area (Å²) in [6.07, 6.45) is 9.87. The second-order valence-electron chi connectivity index (χ2n) is 37.4. The van der Waals surface area contributed by atoms with E-state index in [0.29, 0.717) is 71.3 Å². The van der Waals surface area contributed by atoms with Gasteiger partial charge in [0.05, 0.1) is 58.9 Å². The maximum absolute atomic E-state index is 13.2. The molecule has 2 aromatic heterocycles. The zero-order chi connectivity index (χ0) is 96.6. The number of halogens is 2. The van der Waals surface area contributed by atoms with Gasteiger partial charge in [-0.25, -0.2) is 53.1 Å². The van der Waals surface area contributed by atoms with Gasteiger partial charge in [0, 0.05) is 76.2 Å². The zero-order valence-electron chi connectivity index (χ0n) is 80.3. The number of nitrogens with zero attached hydrogens (tertiary/aromatic N) is 7. The van der Waals surface area contributed by atoms with Crippen LogP contribution in [0.15, 0.2) is 71.4 Å². The molecule has 5 saturated heterocycles. The monoisotopic (exact) mass is 2050 g/mol. The minimum absolute atomic E-state index is 0. The largest absolute Gasteiger partial charge is 1.00 e. The van der Waals surface area contributed by atoms with Crippen LogP contribution >= 0.6 is 31.9 Å². The minimum Gasteiger partial charge on any atom is -0.870 e. The van der Waals surface area contributed by atoms with Gasteiger partial charge in [-0.3, -0.25) is 38.9 Å². The predicted octanol–water partition coefficient (Wildman–Crippen LogP) is 8.78. The van der Waals surface area contributed by atoms with Gasteiger partial charge in [-0.1, -0.05) is 67.5 Å². The van der Waals surface area contributed by atoms with E-state index in [1.165, 1.54) is 33.8 Å². The summed E-state index contributed by atoms with van der Waals surface area (Å²) in [5, 5.41) is 36.6. The summed E-state index contributed by atoms with van der Waals surface area (Å²) < 4.78 is 52.4. The van der Waals surface area contributed by atoms with Gasteiger partial charge >= 0.3 is 104 Å². The molecule has 5 aliphatic heterocycles. The summed E-state index contributed by atoms with van der Waals surface area (Å²) in [6.45, 7) is 48.1. The number of aldehydes is 1. The molecular formula is C94H155Br2Li2N9O29. The first-order chi connectivity index (χ1) is 58.9. The first-order valence-electron chi connectivity index (χ1n) is 42.4. The number of carboxylic acids is 1. The molecule has 7 heterocycles. The standard InChI is InChI=1S/C21H26BrN3O5.C15H23NO4.C14H23NO5.C14H21NO5.C13H19NO4.C8H9BrN2O2.2C2H6O.5CH4.2Li.2H2O/c1-6-21-10-13(25(14(21)11-21)19(28)30-20(2,3)4)18(27)24-17-12(9-16(26)29-5)7-8-15(22)23-17;1-6-15-8-10(12(17)19-7-2)16(11(15)9-15)13(18)20-14(3,4)5;2*1-5-19-11(17)9-6-14(8-16)7-10(14)15(9)12(18)20-13(2,3)4;1-5-13-6-8(10(15)16)14(9(13)7-13)11(17)18-12(2,3)4;1-13-7(12)4-5-2-3-6(9)11-8(5)10;2*1-2-3;;;;;;;;;/h6-8,13-14H,1,9-11H2,2-5H3,(H,23,24,27);6,10-11H,1,7-9H2,2-5H3;9-10,16H,5-8H2,1-4H3;8-10H,5-7H2,1-4H3;5,8-9H,1,6-7H2,2-4H3,(H,15,16);2-3H,4H2,1H3,(H2,10,11);2*3H,2H2,1H3;5*1H4;;;2*1H2/q;;;;;;;;;;;;;2*+1;;/p-2/t13-,14+,21-;10-,11+,15-;2*9-,10+,14-;8-,9+,13-;;;;;;;;;;;;/m00000............/s1. The van der Waals surface area contributed by atoms with Crippen LogP contribution in [0.5, 0.6) is 0 Å². The number of hydrogen-bond acceptors (Lipinski definition) is 31. The van der Waals surface area contributed by atoms with Crippen LogP contribution in [0.1, 0.15) is 251 Å². The Labute approximate surface area is 845 Å². The SMILES string of the molecule is C.C.C.C.C.C=C[C@@]12C[C@@H](C(=O)Nc3nc(Br)ccc3CC(=O)OC)N(C(=O)OC(C)(C)C)[C@@H]1C2.C=C[C@@]12C[C@@H](C(=O)O)N(C(=O)OC(C)(C)C)[C@@H]1C2.C=C[C@@]12C[C@@H](C(=O)OCC)N(C(=O)OC(C)(C)C)[C@@H]1C2.CCO.CCO.CCOC(=O)[C@@H]1C[C@@]2(C=O)C[C@H]2N1C(=O)OC(C)(C)C.CCOC(=O)[C@@H]1C[C@@]2(CO)C[C@H]2N1C(=O)OC(C)(C)C.COC(=O)Cc1ccc(Br)nc1N.[Li+].[Li+].[OH-].[OH-]. The summed E-state index contributed by atoms with van der Waals surface area (Å²) in [7, 11) is 2.63. The van der Waals surface area contributed by atoms with Crippen molar-refractivity contribution in [1.82, 2.24) is 34.5 Å². The van der Waals surface area contributed by atoms with Gasteiger partial charge in [-0.05, 0) is 247 Å². The number of aliphatic hydroxyl groups excluding tert-OH is 3. The van der Waals surface area contributed by atoms with Crippen LogP contribution in [0.25, 0.3) is 0 Å². The number of nitrogens with two attached hydrogens (primary N) is 1. The number of carboxylic acid groups (broad SMARTS) is 1. The molecule has 0 aromatic carbocycles. The first-order valence-corrected chi connectivity index (χ1v) is 44.0. The Morgan fingerprint density at radius 2 is 0.713 bits per heavy atom. The molecule has 15 atom stereocenters. The third kappa shape index (κ3) is 36.0. The normalized spacial score (nSPS) is 25.0. The van der Waals surface area contributed by atoms with Crippen molar-refractivity contribution in [2.45, 2.75) is 341 Å². The van der Waals surface area contributed by atoms with E-state index >= 15 is 0 Å². The molecule has 38 nitrogen and oxygen atoms in total. The fourth-order valence-corrected chi connectivity index (χ4v) is 16.5. The van der Waals surface area contributed by atoms with Gasteiger partial charge in [0.2, 0.25) is 5.91 Å². The van der Waals surface area contributed by atoms with E-state index in [1.807, 2.05) is 32.9 Å². The summed E-state index contributed by atoms with van der Waals surface area (Å²) >= 11 is 6.45. The molecule has 0 radical (unpaired) electrons. The Balaban J connectivity index is -0.000000499. The van der Waals surface area contributed by atoms with Crippen LogP contribution in [0.2, 0.25) is 0 Å². The van der Waals surface area contributed by atoms with Gasteiger partial charge in [0.25, 0.3) is 0 Å². The van der Waals surface area contributed by atoms with E-state index in [-0.39, 0.29) is 207 Å². The summed E-state index contributed by atoms with van der Waals surface area (Å²) in [6, 6.07) is 2.91. The van der Waals surface area contributed by atoms with Gasteiger partial charge in [0.15, 0.2) is 0 Å². The second-order valence-corrected chi connectivity index (χ2v) is 39.0. The molecule has 10 fully saturated rings. The van der Waals surface area contributed by atoms with Gasteiger partial charge < -0.3 is 94.6 Å². The number of nitrogens with one attached hydrogen (secondary N) is 1. The maximum atomic E-state index is 13.2. The number of hydrogen-bond donors (Lipinski definition) is 6. The number of aliphatic carboxylic acids is 1. The number of aliphatic hydroxyl groups is 3. The molecule has 136 heavy (non-hydrogen) atoms. The van der Waals surface area contributed by atoms with Crippen molar-refractivity contribution in [3.63, 3.8) is 0 Å². The number of amides is 6. The molecule has 10 aliphatic rings. The molecule has 9 N–H and O–H groups in total. The number of aromatic nitrogens is 2. The number of pyridine rings is 2. The first kappa shape index (κ1) is 136. The minimum atomic E-state index is -0.978. The number of nitrogen functional groups attached to an aromatic ring is 1. The Hall–Kier alpha value is -8.42. The Kier molecular flexibility index (Phi) is 55.6. The fraction of sp³-hybridized carbons (Fsp3) is 0.691. The summed E-state index contributed by atoms with van der Waals surface area (Å²) in [5.41, 5.74) is 2.12. The number of likely N-dealkylation sites (tertiary alicyclic amines) is 5. The van der Waals surface area contributed by atoms with E-state index in [4.69, 9.17) is 58.6 Å². The topological polar surface area (TPSA) is 535 Å². The van der Waals surface area contributed by atoms with E-state index in [9.17, 15) is 72.5 Å². The number of methoxy groups -OCH3 is 2. The van der Waals surface area contributed by atoms with Crippen LogP contribution in [0.3, 0.4) is 0 Å². The van der Waals surface area contributed by atoms with E-state index < -0.39 is 118 Å². The number of carbonyl (C=O) groups is 13. The van der Waals surface area contributed by atoms with Crippen LogP contribution in [-0.4, -0.2) is 287 Å². The maximum Gasteiger partial charge on any atom is 1.00 e. The summed E-state index contributed by atoms with van der Waals surface area (Å²) in [5.74, 6) is -2.78. The van der Waals surface area contributed by atoms with Crippen LogP contribution in [0.4, 0.5) is 35.6 Å². The molecule has 0 unspecified atom stereocenters. The number of piperidine rings is 5. The molecule has 42 heteroatoms. The Morgan fingerprint density at radius 3 is 1.01 bits per heavy atom. The molecule has 6 amide bonds.